The molecule has 1 amide bonds. The van der Waals surface area contributed by atoms with Crippen molar-refractivity contribution < 1.29 is 4.79 Å². The quantitative estimate of drug-likeness (QED) is 0.353. The van der Waals surface area contributed by atoms with E-state index in [1.807, 2.05) is 16.3 Å². The Hall–Kier alpha value is -1.80. The van der Waals surface area contributed by atoms with Crippen molar-refractivity contribution in [2.75, 3.05) is 6.54 Å². The van der Waals surface area contributed by atoms with Gasteiger partial charge in [0.25, 0.3) is 0 Å². The zero-order valence-electron chi connectivity index (χ0n) is 14.5. The molecule has 0 radical (unpaired) electrons. The van der Waals surface area contributed by atoms with E-state index in [0.29, 0.717) is 13.0 Å². The third-order valence-electron chi connectivity index (χ3n) is 4.14. The van der Waals surface area contributed by atoms with Crippen molar-refractivity contribution in [3.05, 3.63) is 72.7 Å². The molecule has 4 aromatic heterocycles. The second-order valence-corrected chi connectivity index (χ2v) is 9.76. The molecule has 4 rings (SSSR count). The van der Waals surface area contributed by atoms with Crippen LogP contribution in [0.3, 0.4) is 0 Å². The molecular formula is C20H18N2OS4. The first-order valence-electron chi connectivity index (χ1n) is 8.57. The molecule has 0 aromatic carbocycles. The molecule has 0 aliphatic rings. The van der Waals surface area contributed by atoms with Gasteiger partial charge < -0.3 is 4.90 Å². The normalized spacial score (nSPS) is 11.0. The Morgan fingerprint density at radius 1 is 0.963 bits per heavy atom. The van der Waals surface area contributed by atoms with E-state index < -0.39 is 0 Å². The van der Waals surface area contributed by atoms with Crippen LogP contribution in [0.25, 0.3) is 10.6 Å². The maximum atomic E-state index is 13.0. The number of hydrogen-bond donors (Lipinski definition) is 0. The number of thiophene rings is 3. The minimum atomic E-state index is 0.141. The third-order valence-corrected chi connectivity index (χ3v) is 7.56. The highest BCUT2D eigenvalue weighted by molar-refractivity contribution is 7.14. The van der Waals surface area contributed by atoms with Gasteiger partial charge in [0.1, 0.15) is 5.01 Å². The molecule has 138 valence electrons. The molecular weight excluding hydrogens is 413 g/mol. The summed E-state index contributed by atoms with van der Waals surface area (Å²) in [5, 5.41) is 11.3. The van der Waals surface area contributed by atoms with E-state index in [1.165, 1.54) is 9.75 Å². The van der Waals surface area contributed by atoms with Crippen LogP contribution >= 0.6 is 45.3 Å². The number of aromatic nitrogens is 1. The lowest BCUT2D eigenvalue weighted by Crippen LogP contribution is -2.33. The molecule has 0 unspecified atom stereocenters. The molecule has 0 aliphatic carbocycles. The zero-order valence-corrected chi connectivity index (χ0v) is 17.8. The molecule has 0 spiro atoms. The Morgan fingerprint density at radius 2 is 1.78 bits per heavy atom. The number of nitrogens with zero attached hydrogens (tertiary/aromatic N) is 2. The Balaban J connectivity index is 1.44. The van der Waals surface area contributed by atoms with Gasteiger partial charge in [0.2, 0.25) is 5.91 Å². The van der Waals surface area contributed by atoms with Crippen molar-refractivity contribution in [2.45, 2.75) is 19.4 Å². The smallest absolute Gasteiger partial charge is 0.228 e. The van der Waals surface area contributed by atoms with Crippen LogP contribution in [0.2, 0.25) is 0 Å². The average molecular weight is 431 g/mol. The molecule has 4 aromatic rings. The molecule has 0 saturated heterocycles. The van der Waals surface area contributed by atoms with Crippen molar-refractivity contribution in [1.29, 1.82) is 0 Å². The molecule has 0 N–H and O–H groups in total. The molecule has 0 bridgehead atoms. The van der Waals surface area contributed by atoms with E-state index in [1.54, 1.807) is 45.3 Å². The maximum Gasteiger partial charge on any atom is 0.228 e. The van der Waals surface area contributed by atoms with Crippen LogP contribution < -0.4 is 0 Å². The van der Waals surface area contributed by atoms with Gasteiger partial charge in [0, 0.05) is 32.6 Å². The summed E-state index contributed by atoms with van der Waals surface area (Å²) in [4.78, 5) is 22.2. The van der Waals surface area contributed by atoms with E-state index in [0.717, 1.165) is 29.2 Å². The van der Waals surface area contributed by atoms with E-state index in [2.05, 4.69) is 50.8 Å². The van der Waals surface area contributed by atoms with Gasteiger partial charge in [-0.25, -0.2) is 4.98 Å². The highest BCUT2D eigenvalue weighted by Crippen LogP contribution is 2.26. The molecule has 0 fully saturated rings. The Bertz CT molecular complexity index is 956. The van der Waals surface area contributed by atoms with Crippen LogP contribution in [0.15, 0.2) is 57.2 Å². The van der Waals surface area contributed by atoms with E-state index in [4.69, 9.17) is 0 Å². The Kier molecular flexibility index (Phi) is 6.14. The molecule has 4 heterocycles. The third kappa shape index (κ3) is 4.93. The van der Waals surface area contributed by atoms with E-state index in [9.17, 15) is 4.79 Å². The van der Waals surface area contributed by atoms with E-state index >= 15 is 0 Å². The van der Waals surface area contributed by atoms with Gasteiger partial charge in [-0.2, -0.15) is 11.3 Å². The zero-order chi connectivity index (χ0) is 18.5. The number of carbonyl (C=O) groups excluding carboxylic acids is 1. The number of carbonyl (C=O) groups is 1. The van der Waals surface area contributed by atoms with Crippen LogP contribution in [-0.4, -0.2) is 22.3 Å². The summed E-state index contributed by atoms with van der Waals surface area (Å²) in [6, 6.07) is 10.4. The Morgan fingerprint density at radius 3 is 2.48 bits per heavy atom. The summed E-state index contributed by atoms with van der Waals surface area (Å²) in [7, 11) is 0. The van der Waals surface area contributed by atoms with Crippen molar-refractivity contribution in [3.8, 4) is 10.6 Å². The lowest BCUT2D eigenvalue weighted by atomic mass is 10.2. The van der Waals surface area contributed by atoms with Gasteiger partial charge in [0.15, 0.2) is 0 Å². The number of amides is 1. The minimum absolute atomic E-state index is 0.141. The van der Waals surface area contributed by atoms with Crippen LogP contribution in [0.1, 0.15) is 15.4 Å². The number of thiazole rings is 1. The fourth-order valence-corrected chi connectivity index (χ4v) is 5.71. The summed E-state index contributed by atoms with van der Waals surface area (Å²) in [5.74, 6) is 0.141. The largest absolute Gasteiger partial charge is 0.337 e. The second kappa shape index (κ2) is 8.93. The predicted octanol–water partition coefficient (Wildman–Crippen LogP) is 5.81. The van der Waals surface area contributed by atoms with Crippen molar-refractivity contribution in [1.82, 2.24) is 9.88 Å². The van der Waals surface area contributed by atoms with Gasteiger partial charge in [-0.05, 0) is 40.8 Å². The van der Waals surface area contributed by atoms with Crippen molar-refractivity contribution in [2.24, 2.45) is 0 Å². The fourth-order valence-electron chi connectivity index (χ4n) is 2.76. The SMILES string of the molecule is O=C(Cc1csc(-c2ccsc2)n1)N(CCc1cccs1)Cc1cccs1. The summed E-state index contributed by atoms with van der Waals surface area (Å²) >= 11 is 6.71. The van der Waals surface area contributed by atoms with Crippen molar-refractivity contribution >= 4 is 51.3 Å². The minimum Gasteiger partial charge on any atom is -0.337 e. The molecule has 0 atom stereocenters. The van der Waals surface area contributed by atoms with Crippen LogP contribution in [0.4, 0.5) is 0 Å². The van der Waals surface area contributed by atoms with Crippen molar-refractivity contribution in [3.63, 3.8) is 0 Å². The highest BCUT2D eigenvalue weighted by Gasteiger charge is 2.17. The predicted molar refractivity (Wildman–Crippen MR) is 117 cm³/mol. The first-order valence-corrected chi connectivity index (χ1v) is 12.2. The lowest BCUT2D eigenvalue weighted by Gasteiger charge is -2.21. The fraction of sp³-hybridized carbons (Fsp3) is 0.200. The topological polar surface area (TPSA) is 33.2 Å². The van der Waals surface area contributed by atoms with E-state index in [-0.39, 0.29) is 5.91 Å². The summed E-state index contributed by atoms with van der Waals surface area (Å²) in [5.41, 5.74) is 2.00. The molecule has 0 saturated carbocycles. The Labute approximate surface area is 174 Å². The number of rotatable bonds is 8. The first-order chi connectivity index (χ1) is 13.3. The molecule has 27 heavy (non-hydrogen) atoms. The van der Waals surface area contributed by atoms with Gasteiger partial charge in [-0.3, -0.25) is 4.79 Å². The van der Waals surface area contributed by atoms with Crippen LogP contribution in [0.5, 0.6) is 0 Å². The van der Waals surface area contributed by atoms with Gasteiger partial charge in [-0.1, -0.05) is 12.1 Å². The summed E-state index contributed by atoms with van der Waals surface area (Å²) < 4.78 is 0. The van der Waals surface area contributed by atoms with Gasteiger partial charge >= 0.3 is 0 Å². The molecule has 0 aliphatic heterocycles. The highest BCUT2D eigenvalue weighted by atomic mass is 32.1. The van der Waals surface area contributed by atoms with Gasteiger partial charge in [-0.15, -0.1) is 34.0 Å². The summed E-state index contributed by atoms with van der Waals surface area (Å²) in [6.07, 6.45) is 1.25. The number of hydrogen-bond acceptors (Lipinski definition) is 6. The lowest BCUT2D eigenvalue weighted by molar-refractivity contribution is -0.131. The first kappa shape index (κ1) is 18.6. The monoisotopic (exact) mass is 430 g/mol. The molecule has 7 heteroatoms. The van der Waals surface area contributed by atoms with Gasteiger partial charge in [0.05, 0.1) is 18.7 Å². The molecule has 3 nitrogen and oxygen atoms in total. The van der Waals surface area contributed by atoms with Crippen LogP contribution in [0, 0.1) is 0 Å². The van der Waals surface area contributed by atoms with Crippen LogP contribution in [-0.2, 0) is 24.2 Å². The average Bonchev–Trinajstić information content (AvgIpc) is 3.47. The maximum absolute atomic E-state index is 13.0. The summed E-state index contributed by atoms with van der Waals surface area (Å²) in [6.45, 7) is 1.40. The standard InChI is InChI=1S/C20H18N2OS4/c23-19(11-16-14-27-20(21-16)15-6-10-24-13-15)22(12-18-4-2-9-26-18)7-5-17-3-1-8-25-17/h1-4,6,8-10,13-14H,5,7,11-12H2. The second-order valence-electron chi connectivity index (χ2n) is 6.06.